The van der Waals surface area contributed by atoms with Gasteiger partial charge in [-0.1, -0.05) is 17.7 Å². The highest BCUT2D eigenvalue weighted by molar-refractivity contribution is 5.92. The minimum Gasteiger partial charge on any atom is -0.349 e. The molecule has 0 aliphatic heterocycles. The number of aromatic amines is 1. The molecule has 0 aliphatic carbocycles. The number of nitrogens with one attached hydrogen (secondary N) is 3. The van der Waals surface area contributed by atoms with Crippen LogP contribution in [0.25, 0.3) is 5.69 Å². The molecule has 1 aromatic heterocycles. The lowest BCUT2D eigenvalue weighted by molar-refractivity contribution is 0.0945. The minimum absolute atomic E-state index is 0.167. The first-order chi connectivity index (χ1) is 10.0. The summed E-state index contributed by atoms with van der Waals surface area (Å²) < 4.78 is 1.36. The summed E-state index contributed by atoms with van der Waals surface area (Å²) in [5.41, 5.74) is 1.81. The van der Waals surface area contributed by atoms with Crippen LogP contribution in [0.5, 0.6) is 0 Å². The summed E-state index contributed by atoms with van der Waals surface area (Å²) in [5.74, 6) is -0.292. The smallest absolute Gasteiger partial charge is 0.271 e. The molecule has 1 unspecified atom stereocenters. The molecule has 1 heterocycles. The van der Waals surface area contributed by atoms with Crippen LogP contribution in [-0.4, -0.2) is 35.3 Å². The molecule has 1 atom stereocenters. The first-order valence-corrected chi connectivity index (χ1v) is 6.86. The lowest BCUT2D eigenvalue weighted by Gasteiger charge is -2.10. The zero-order chi connectivity index (χ0) is 15.4. The standard InChI is InChI=1S/C15H20N4O2/c1-10-4-6-12(7-5-10)19-14(20)8-13(18-19)15(21)17-9-11(2)16-3/h4-8,11,16,18H,9H2,1-3H3,(H,17,21). The van der Waals surface area contributed by atoms with Gasteiger partial charge in [0.25, 0.3) is 11.5 Å². The van der Waals surface area contributed by atoms with Gasteiger partial charge in [-0.3, -0.25) is 14.7 Å². The van der Waals surface area contributed by atoms with Gasteiger partial charge in [-0.2, -0.15) is 0 Å². The van der Waals surface area contributed by atoms with E-state index in [0.29, 0.717) is 12.2 Å². The van der Waals surface area contributed by atoms with Crippen LogP contribution in [0.3, 0.4) is 0 Å². The second-order valence-corrected chi connectivity index (χ2v) is 5.08. The first kappa shape index (κ1) is 15.1. The molecule has 6 heteroatoms. The van der Waals surface area contributed by atoms with Gasteiger partial charge in [-0.15, -0.1) is 0 Å². The summed E-state index contributed by atoms with van der Waals surface area (Å²) in [6, 6.07) is 8.96. The maximum Gasteiger partial charge on any atom is 0.271 e. The van der Waals surface area contributed by atoms with Gasteiger partial charge in [-0.25, -0.2) is 4.68 Å². The number of amides is 1. The normalized spacial score (nSPS) is 12.1. The summed E-state index contributed by atoms with van der Waals surface area (Å²) >= 11 is 0. The van der Waals surface area contributed by atoms with Crippen molar-refractivity contribution in [3.05, 3.63) is 51.9 Å². The zero-order valence-electron chi connectivity index (χ0n) is 12.4. The van der Waals surface area contributed by atoms with Gasteiger partial charge in [0.1, 0.15) is 5.69 Å². The fourth-order valence-corrected chi connectivity index (χ4v) is 1.84. The third kappa shape index (κ3) is 3.61. The Morgan fingerprint density at radius 1 is 1.33 bits per heavy atom. The molecule has 0 saturated heterocycles. The van der Waals surface area contributed by atoms with Crippen molar-refractivity contribution in [3.63, 3.8) is 0 Å². The molecule has 0 spiro atoms. The molecular weight excluding hydrogens is 268 g/mol. The van der Waals surface area contributed by atoms with Crippen molar-refractivity contribution < 1.29 is 4.79 Å². The van der Waals surface area contributed by atoms with Crippen LogP contribution >= 0.6 is 0 Å². The highest BCUT2D eigenvalue weighted by Gasteiger charge is 2.12. The third-order valence-electron chi connectivity index (χ3n) is 3.32. The number of nitrogens with zero attached hydrogens (tertiary/aromatic N) is 1. The summed E-state index contributed by atoms with van der Waals surface area (Å²) in [6.45, 7) is 4.43. The Balaban J connectivity index is 2.17. The molecule has 1 aromatic carbocycles. The quantitative estimate of drug-likeness (QED) is 0.762. The molecule has 2 rings (SSSR count). The molecule has 21 heavy (non-hydrogen) atoms. The molecule has 3 N–H and O–H groups in total. The number of carbonyl (C=O) groups is 1. The zero-order valence-corrected chi connectivity index (χ0v) is 12.4. The highest BCUT2D eigenvalue weighted by Crippen LogP contribution is 2.06. The monoisotopic (exact) mass is 288 g/mol. The van der Waals surface area contributed by atoms with E-state index < -0.39 is 0 Å². The molecule has 1 amide bonds. The van der Waals surface area contributed by atoms with Crippen molar-refractivity contribution in [3.8, 4) is 5.69 Å². The van der Waals surface area contributed by atoms with Crippen molar-refractivity contribution in [1.29, 1.82) is 0 Å². The van der Waals surface area contributed by atoms with E-state index in [2.05, 4.69) is 15.7 Å². The lowest BCUT2D eigenvalue weighted by Crippen LogP contribution is -2.37. The summed E-state index contributed by atoms with van der Waals surface area (Å²) in [7, 11) is 1.83. The van der Waals surface area contributed by atoms with Crippen molar-refractivity contribution in [2.75, 3.05) is 13.6 Å². The number of hydrogen-bond acceptors (Lipinski definition) is 3. The molecule has 6 nitrogen and oxygen atoms in total. The van der Waals surface area contributed by atoms with Gasteiger partial charge >= 0.3 is 0 Å². The SMILES string of the molecule is CNC(C)CNC(=O)c1cc(=O)n(-c2ccc(C)cc2)[nH]1. The maximum atomic E-state index is 12.0. The van der Waals surface area contributed by atoms with E-state index in [1.54, 1.807) is 0 Å². The van der Waals surface area contributed by atoms with Crippen LogP contribution in [0, 0.1) is 6.92 Å². The van der Waals surface area contributed by atoms with E-state index in [9.17, 15) is 9.59 Å². The van der Waals surface area contributed by atoms with Crippen LogP contribution in [0.4, 0.5) is 0 Å². The molecule has 112 valence electrons. The summed E-state index contributed by atoms with van der Waals surface area (Å²) in [4.78, 5) is 24.0. The summed E-state index contributed by atoms with van der Waals surface area (Å²) in [5, 5.41) is 8.62. The van der Waals surface area contributed by atoms with Crippen LogP contribution in [0.1, 0.15) is 23.0 Å². The molecule has 0 aliphatic rings. The van der Waals surface area contributed by atoms with Crippen LogP contribution in [0.2, 0.25) is 0 Å². The van der Waals surface area contributed by atoms with Gasteiger partial charge < -0.3 is 10.6 Å². The van der Waals surface area contributed by atoms with Gasteiger partial charge in [0.05, 0.1) is 5.69 Å². The fraction of sp³-hybridized carbons (Fsp3) is 0.333. The Morgan fingerprint density at radius 2 is 2.00 bits per heavy atom. The molecular formula is C15H20N4O2. The largest absolute Gasteiger partial charge is 0.349 e. The molecule has 0 bridgehead atoms. The van der Waals surface area contributed by atoms with Gasteiger partial charge in [0.2, 0.25) is 0 Å². The van der Waals surface area contributed by atoms with E-state index in [0.717, 1.165) is 5.56 Å². The summed E-state index contributed by atoms with van der Waals surface area (Å²) in [6.07, 6.45) is 0. The van der Waals surface area contributed by atoms with Crippen molar-refractivity contribution in [2.24, 2.45) is 0 Å². The Morgan fingerprint density at radius 3 is 2.62 bits per heavy atom. The topological polar surface area (TPSA) is 78.9 Å². The molecule has 0 radical (unpaired) electrons. The Hall–Kier alpha value is -2.34. The minimum atomic E-state index is -0.292. The predicted molar refractivity (Wildman–Crippen MR) is 82.0 cm³/mol. The molecule has 2 aromatic rings. The van der Waals surface area contributed by atoms with Crippen LogP contribution < -0.4 is 16.2 Å². The van der Waals surface area contributed by atoms with E-state index in [1.807, 2.05) is 45.2 Å². The van der Waals surface area contributed by atoms with Crippen LogP contribution in [-0.2, 0) is 0 Å². The average molecular weight is 288 g/mol. The predicted octanol–water partition coefficient (Wildman–Crippen LogP) is 0.812. The van der Waals surface area contributed by atoms with Gasteiger partial charge in [0, 0.05) is 18.7 Å². The highest BCUT2D eigenvalue weighted by atomic mass is 16.2. The maximum absolute atomic E-state index is 12.0. The van der Waals surface area contributed by atoms with Gasteiger partial charge in [0.15, 0.2) is 0 Å². The molecule has 0 fully saturated rings. The Kier molecular flexibility index (Phi) is 4.59. The number of rotatable bonds is 5. The Labute approximate surface area is 123 Å². The van der Waals surface area contributed by atoms with Crippen molar-refractivity contribution in [2.45, 2.75) is 19.9 Å². The number of carbonyl (C=O) groups excluding carboxylic acids is 1. The van der Waals surface area contributed by atoms with E-state index in [1.165, 1.54) is 10.7 Å². The third-order valence-corrected chi connectivity index (χ3v) is 3.32. The van der Waals surface area contributed by atoms with Crippen molar-refractivity contribution >= 4 is 5.91 Å². The second kappa shape index (κ2) is 6.41. The van der Waals surface area contributed by atoms with Crippen LogP contribution in [0.15, 0.2) is 35.1 Å². The van der Waals surface area contributed by atoms with E-state index in [4.69, 9.17) is 0 Å². The molecule has 0 saturated carbocycles. The van der Waals surface area contributed by atoms with E-state index >= 15 is 0 Å². The number of aryl methyl sites for hydroxylation is 1. The number of benzene rings is 1. The first-order valence-electron chi connectivity index (χ1n) is 6.86. The number of H-pyrrole nitrogens is 1. The number of aromatic nitrogens is 2. The number of likely N-dealkylation sites (N-methyl/N-ethyl adjacent to an activating group) is 1. The lowest BCUT2D eigenvalue weighted by atomic mass is 10.2. The second-order valence-electron chi connectivity index (χ2n) is 5.08. The fourth-order valence-electron chi connectivity index (χ4n) is 1.84. The average Bonchev–Trinajstić information content (AvgIpc) is 2.87. The number of hydrogen-bond donors (Lipinski definition) is 3. The van der Waals surface area contributed by atoms with E-state index in [-0.39, 0.29) is 23.2 Å². The Bertz CT molecular complexity index is 670. The van der Waals surface area contributed by atoms with Crippen molar-refractivity contribution in [1.82, 2.24) is 20.4 Å². The van der Waals surface area contributed by atoms with Gasteiger partial charge in [-0.05, 0) is 33.0 Å².